The van der Waals surface area contributed by atoms with E-state index in [0.717, 1.165) is 135 Å². The number of carbonyl (C=O) groups excluding carboxylic acids is 3. The van der Waals surface area contributed by atoms with Crippen LogP contribution in [0, 0.1) is 0 Å². The Morgan fingerprint density at radius 1 is 0.269 bits per heavy atom. The molecule has 0 fully saturated rings. The van der Waals surface area contributed by atoms with E-state index >= 15 is 0 Å². The average Bonchev–Trinajstić information content (AvgIpc) is 3.44. The first-order chi connectivity index (χ1) is 38.5. The molecule has 0 aromatic heterocycles. The van der Waals surface area contributed by atoms with Crippen LogP contribution < -0.4 is 0 Å². The Bertz CT molecular complexity index is 1620. The lowest BCUT2D eigenvalue weighted by atomic mass is 10.1. The predicted molar refractivity (Wildman–Crippen MR) is 339 cm³/mol. The maximum atomic E-state index is 12.9. The maximum absolute atomic E-state index is 12.9. The number of ether oxygens (including phenoxy) is 3. The largest absolute Gasteiger partial charge is 0.462 e. The summed E-state index contributed by atoms with van der Waals surface area (Å²) in [5, 5.41) is 0. The van der Waals surface area contributed by atoms with Gasteiger partial charge in [-0.3, -0.25) is 14.4 Å². The van der Waals surface area contributed by atoms with Crippen LogP contribution in [0.4, 0.5) is 0 Å². The quantitative estimate of drug-likeness (QED) is 0.0261. The minimum absolute atomic E-state index is 0.0918. The van der Waals surface area contributed by atoms with Crippen LogP contribution in [0.5, 0.6) is 0 Å². The normalized spacial score (nSPS) is 12.9. The van der Waals surface area contributed by atoms with Gasteiger partial charge in [-0.1, -0.05) is 264 Å². The smallest absolute Gasteiger partial charge is 0.306 e. The van der Waals surface area contributed by atoms with Crippen molar-refractivity contribution in [3.05, 3.63) is 122 Å². The highest BCUT2D eigenvalue weighted by Crippen LogP contribution is 2.15. The Kier molecular flexibility index (Phi) is 61.8. The van der Waals surface area contributed by atoms with Gasteiger partial charge in [0.25, 0.3) is 0 Å². The molecule has 0 aliphatic rings. The van der Waals surface area contributed by atoms with Crippen molar-refractivity contribution >= 4 is 17.9 Å². The molecule has 0 N–H and O–H groups in total. The van der Waals surface area contributed by atoms with E-state index in [4.69, 9.17) is 14.2 Å². The molecule has 6 nitrogen and oxygen atoms in total. The third-order valence-electron chi connectivity index (χ3n) is 13.7. The van der Waals surface area contributed by atoms with Crippen molar-refractivity contribution in [2.24, 2.45) is 0 Å². The molecule has 0 aliphatic carbocycles. The third kappa shape index (κ3) is 62.7. The Morgan fingerprint density at radius 2 is 0.500 bits per heavy atom. The molecule has 6 heteroatoms. The number of allylic oxidation sites excluding steroid dienone is 20. The molecule has 0 bridgehead atoms. The standard InChI is InChI=1S/C72H120O6/c1-4-7-10-13-16-19-22-25-28-30-32-33-34-35-36-37-38-39-41-42-44-47-50-53-56-59-62-65-71(74)77-68-69(67-76-70(73)64-61-58-55-52-49-46-27-24-21-18-15-12-9-6-3)78-72(75)66-63-60-57-54-51-48-45-43-40-31-29-26-23-20-17-14-11-8-5-2/h7,10,16-17,19-20,24-29,32-33,35-36,38-40,43,69H,4-6,8-9,11-15,18,21-23,30-31,34,37,41-42,44-68H2,1-3H3/b10-7-,19-16-,20-17-,27-24-,28-25-,29-26-,33-32-,36-35-,39-38-,43-40-. The second-order valence-electron chi connectivity index (χ2n) is 21.3. The number of hydrogen-bond donors (Lipinski definition) is 0. The molecule has 1 atom stereocenters. The van der Waals surface area contributed by atoms with Gasteiger partial charge in [0.2, 0.25) is 0 Å². The first-order valence-corrected chi connectivity index (χ1v) is 32.5. The number of rotatable bonds is 58. The lowest BCUT2D eigenvalue weighted by molar-refractivity contribution is -0.167. The third-order valence-corrected chi connectivity index (χ3v) is 13.7. The number of hydrogen-bond acceptors (Lipinski definition) is 6. The van der Waals surface area contributed by atoms with Crippen molar-refractivity contribution in [1.29, 1.82) is 0 Å². The van der Waals surface area contributed by atoms with Crippen LogP contribution in [0.3, 0.4) is 0 Å². The molecule has 0 spiro atoms. The van der Waals surface area contributed by atoms with Gasteiger partial charge in [-0.15, -0.1) is 0 Å². The summed E-state index contributed by atoms with van der Waals surface area (Å²) < 4.78 is 16.9. The summed E-state index contributed by atoms with van der Waals surface area (Å²) in [6.07, 6.45) is 90.5. The van der Waals surface area contributed by atoms with E-state index in [1.165, 1.54) is 122 Å². The Labute approximate surface area is 482 Å². The van der Waals surface area contributed by atoms with E-state index in [1.54, 1.807) is 0 Å². The van der Waals surface area contributed by atoms with Crippen molar-refractivity contribution < 1.29 is 28.6 Å². The topological polar surface area (TPSA) is 78.9 Å². The number of unbranched alkanes of at least 4 members (excludes halogenated alkanes) is 27. The van der Waals surface area contributed by atoms with Crippen LogP contribution in [0.25, 0.3) is 0 Å². The molecule has 78 heavy (non-hydrogen) atoms. The molecule has 0 aromatic rings. The summed E-state index contributed by atoms with van der Waals surface area (Å²) in [4.78, 5) is 38.3. The van der Waals surface area contributed by atoms with Gasteiger partial charge in [0.05, 0.1) is 0 Å². The zero-order chi connectivity index (χ0) is 56.4. The van der Waals surface area contributed by atoms with Crippen LogP contribution in [0.15, 0.2) is 122 Å². The van der Waals surface area contributed by atoms with Crippen molar-refractivity contribution in [2.45, 2.75) is 303 Å². The van der Waals surface area contributed by atoms with Crippen LogP contribution in [0.2, 0.25) is 0 Å². The minimum Gasteiger partial charge on any atom is -0.462 e. The second-order valence-corrected chi connectivity index (χ2v) is 21.3. The second kappa shape index (κ2) is 65.3. The summed E-state index contributed by atoms with van der Waals surface area (Å²) in [5.41, 5.74) is 0. The average molecular weight is 1080 g/mol. The highest BCUT2D eigenvalue weighted by Gasteiger charge is 2.19. The summed E-state index contributed by atoms with van der Waals surface area (Å²) in [5.74, 6) is -0.916. The fourth-order valence-corrected chi connectivity index (χ4v) is 8.80. The predicted octanol–water partition coefficient (Wildman–Crippen LogP) is 22.4. The molecule has 0 aromatic carbocycles. The van der Waals surface area contributed by atoms with Crippen molar-refractivity contribution in [3.63, 3.8) is 0 Å². The first-order valence-electron chi connectivity index (χ1n) is 32.5. The monoisotopic (exact) mass is 1080 g/mol. The van der Waals surface area contributed by atoms with Gasteiger partial charge < -0.3 is 14.2 Å². The van der Waals surface area contributed by atoms with Crippen LogP contribution in [-0.4, -0.2) is 37.2 Å². The molecule has 0 radical (unpaired) electrons. The van der Waals surface area contributed by atoms with Gasteiger partial charge in [0.1, 0.15) is 13.2 Å². The van der Waals surface area contributed by atoms with Crippen molar-refractivity contribution in [1.82, 2.24) is 0 Å². The van der Waals surface area contributed by atoms with Gasteiger partial charge in [0.15, 0.2) is 6.10 Å². The zero-order valence-electron chi connectivity index (χ0n) is 50.9. The van der Waals surface area contributed by atoms with Gasteiger partial charge in [0, 0.05) is 19.3 Å². The summed E-state index contributed by atoms with van der Waals surface area (Å²) in [7, 11) is 0. The summed E-state index contributed by atoms with van der Waals surface area (Å²) in [6.45, 7) is 6.48. The van der Waals surface area contributed by atoms with E-state index in [1.807, 2.05) is 0 Å². The van der Waals surface area contributed by atoms with Crippen LogP contribution >= 0.6 is 0 Å². The molecule has 0 saturated heterocycles. The van der Waals surface area contributed by atoms with E-state index in [2.05, 4.69) is 142 Å². The summed E-state index contributed by atoms with van der Waals surface area (Å²) in [6, 6.07) is 0. The number of carbonyl (C=O) groups is 3. The Morgan fingerprint density at radius 3 is 0.821 bits per heavy atom. The molecule has 0 amide bonds. The fourth-order valence-electron chi connectivity index (χ4n) is 8.80. The van der Waals surface area contributed by atoms with Crippen LogP contribution in [-0.2, 0) is 28.6 Å². The van der Waals surface area contributed by atoms with E-state index < -0.39 is 6.10 Å². The van der Waals surface area contributed by atoms with E-state index in [9.17, 15) is 14.4 Å². The molecule has 0 heterocycles. The zero-order valence-corrected chi connectivity index (χ0v) is 50.9. The number of esters is 3. The molecular weight excluding hydrogens is 961 g/mol. The van der Waals surface area contributed by atoms with Crippen molar-refractivity contribution in [3.8, 4) is 0 Å². The highest BCUT2D eigenvalue weighted by molar-refractivity contribution is 5.71. The van der Waals surface area contributed by atoms with Crippen molar-refractivity contribution in [2.75, 3.05) is 13.2 Å². The maximum Gasteiger partial charge on any atom is 0.306 e. The lowest BCUT2D eigenvalue weighted by Crippen LogP contribution is -2.30. The molecule has 0 aliphatic heterocycles. The Balaban J connectivity index is 4.39. The fraction of sp³-hybridized carbons (Fsp3) is 0.681. The molecular formula is C72H120O6. The first kappa shape index (κ1) is 73.8. The minimum atomic E-state index is -0.796. The van der Waals surface area contributed by atoms with Crippen LogP contribution in [0.1, 0.15) is 297 Å². The highest BCUT2D eigenvalue weighted by atomic mass is 16.6. The molecule has 444 valence electrons. The Hall–Kier alpha value is -4.19. The van der Waals surface area contributed by atoms with E-state index in [0.29, 0.717) is 19.3 Å². The van der Waals surface area contributed by atoms with Gasteiger partial charge in [-0.05, 0) is 135 Å². The SMILES string of the molecule is CC/C=C\C/C=C\C/C=C\C/C=C\C/C=C\C/C=C\CCCCCCCCCCC(=O)OCC(COC(=O)CCCCCCC/C=C\CCCCCCC)OC(=O)CCCCCCCC/C=C\C/C=C\C/C=C\CCCCC. The van der Waals surface area contributed by atoms with Gasteiger partial charge >= 0.3 is 17.9 Å². The molecule has 1 unspecified atom stereocenters. The van der Waals surface area contributed by atoms with Gasteiger partial charge in [-0.25, -0.2) is 0 Å². The molecule has 0 rings (SSSR count). The van der Waals surface area contributed by atoms with E-state index in [-0.39, 0.29) is 31.1 Å². The van der Waals surface area contributed by atoms with Gasteiger partial charge in [-0.2, -0.15) is 0 Å². The molecule has 0 saturated carbocycles. The summed E-state index contributed by atoms with van der Waals surface area (Å²) >= 11 is 0. The lowest BCUT2D eigenvalue weighted by Gasteiger charge is -2.18.